The molecular formula is C15H24N2O4. The molecule has 0 aromatic heterocycles. The summed E-state index contributed by atoms with van der Waals surface area (Å²) in [6.07, 6.45) is 0. The van der Waals surface area contributed by atoms with Gasteiger partial charge in [-0.2, -0.15) is 0 Å². The van der Waals surface area contributed by atoms with Crippen molar-refractivity contribution >= 4 is 5.91 Å². The Morgan fingerprint density at radius 3 is 2.29 bits per heavy atom. The molecule has 1 amide bonds. The van der Waals surface area contributed by atoms with Crippen molar-refractivity contribution in [3.05, 3.63) is 17.7 Å². The van der Waals surface area contributed by atoms with E-state index in [4.69, 9.17) is 9.47 Å². The van der Waals surface area contributed by atoms with E-state index in [1.807, 2.05) is 13.8 Å². The van der Waals surface area contributed by atoms with Crippen LogP contribution in [0.2, 0.25) is 0 Å². The van der Waals surface area contributed by atoms with Crippen LogP contribution in [0.25, 0.3) is 0 Å². The molecule has 1 atom stereocenters. The number of aromatic hydroxyl groups is 1. The maximum absolute atomic E-state index is 12.0. The summed E-state index contributed by atoms with van der Waals surface area (Å²) >= 11 is 0. The largest absolute Gasteiger partial charge is 0.502 e. The lowest BCUT2D eigenvalue weighted by Gasteiger charge is -2.21. The van der Waals surface area contributed by atoms with Crippen molar-refractivity contribution in [3.8, 4) is 17.2 Å². The molecule has 21 heavy (non-hydrogen) atoms. The number of likely N-dealkylation sites (N-methyl/N-ethyl adjacent to an activating group) is 1. The molecule has 0 saturated carbocycles. The van der Waals surface area contributed by atoms with Gasteiger partial charge in [-0.15, -0.1) is 0 Å². The Balaban J connectivity index is 2.77. The number of amides is 1. The van der Waals surface area contributed by atoms with Gasteiger partial charge in [0.05, 0.1) is 20.3 Å². The lowest BCUT2D eigenvalue weighted by Crippen LogP contribution is -2.42. The molecule has 1 unspecified atom stereocenters. The Labute approximate surface area is 125 Å². The summed E-state index contributed by atoms with van der Waals surface area (Å²) < 4.78 is 10.2. The topological polar surface area (TPSA) is 71.0 Å². The van der Waals surface area contributed by atoms with Gasteiger partial charge in [-0.05, 0) is 31.5 Å². The molecule has 0 heterocycles. The Kier molecular flexibility index (Phi) is 6.30. The second kappa shape index (κ2) is 7.73. The molecular weight excluding hydrogens is 272 g/mol. The second-order valence-corrected chi connectivity index (χ2v) is 4.80. The van der Waals surface area contributed by atoms with Crippen molar-refractivity contribution in [2.75, 3.05) is 27.8 Å². The molecule has 0 saturated heterocycles. The van der Waals surface area contributed by atoms with Gasteiger partial charge in [0.1, 0.15) is 0 Å². The number of nitrogens with one attached hydrogen (secondary N) is 1. The van der Waals surface area contributed by atoms with Crippen LogP contribution in [0.1, 0.15) is 19.4 Å². The van der Waals surface area contributed by atoms with Crippen LogP contribution in [0.3, 0.4) is 0 Å². The number of hydrogen-bond donors (Lipinski definition) is 2. The molecule has 118 valence electrons. The van der Waals surface area contributed by atoms with Crippen LogP contribution in [0.15, 0.2) is 12.1 Å². The fourth-order valence-electron chi connectivity index (χ4n) is 1.89. The molecule has 0 aliphatic rings. The van der Waals surface area contributed by atoms with Crippen LogP contribution in [-0.2, 0) is 11.3 Å². The number of hydrogen-bond acceptors (Lipinski definition) is 5. The standard InChI is InChI=1S/C15H24N2O4/c1-6-17(3)15(19)10(2)16-9-11-7-12(20-4)14(18)13(8-11)21-5/h7-8,10,16,18H,6,9H2,1-5H3. The highest BCUT2D eigenvalue weighted by molar-refractivity contribution is 5.81. The van der Waals surface area contributed by atoms with E-state index in [2.05, 4.69) is 5.32 Å². The van der Waals surface area contributed by atoms with E-state index in [1.54, 1.807) is 24.1 Å². The summed E-state index contributed by atoms with van der Waals surface area (Å²) in [5, 5.41) is 13.0. The predicted octanol–water partition coefficient (Wildman–Crippen LogP) is 1.37. The number of ether oxygens (including phenoxy) is 2. The van der Waals surface area contributed by atoms with Gasteiger partial charge in [0, 0.05) is 20.1 Å². The van der Waals surface area contributed by atoms with Crippen LogP contribution in [0.5, 0.6) is 17.2 Å². The first kappa shape index (κ1) is 17.1. The summed E-state index contributed by atoms with van der Waals surface area (Å²) in [5.41, 5.74) is 0.861. The minimum absolute atomic E-state index is 0.0291. The van der Waals surface area contributed by atoms with Gasteiger partial charge >= 0.3 is 0 Å². The Hall–Kier alpha value is -1.95. The first-order valence-corrected chi connectivity index (χ1v) is 6.86. The molecule has 0 spiro atoms. The first-order valence-electron chi connectivity index (χ1n) is 6.86. The van der Waals surface area contributed by atoms with Crippen LogP contribution in [0.4, 0.5) is 0 Å². The molecule has 6 nitrogen and oxygen atoms in total. The van der Waals surface area contributed by atoms with Crippen LogP contribution >= 0.6 is 0 Å². The van der Waals surface area contributed by atoms with E-state index in [1.165, 1.54) is 14.2 Å². The summed E-state index contributed by atoms with van der Waals surface area (Å²) in [5.74, 6) is 0.695. The quantitative estimate of drug-likeness (QED) is 0.795. The highest BCUT2D eigenvalue weighted by Gasteiger charge is 2.16. The van der Waals surface area contributed by atoms with E-state index in [0.29, 0.717) is 24.6 Å². The zero-order chi connectivity index (χ0) is 16.0. The second-order valence-electron chi connectivity index (χ2n) is 4.80. The third-order valence-electron chi connectivity index (χ3n) is 3.37. The number of methoxy groups -OCH3 is 2. The van der Waals surface area contributed by atoms with Crippen molar-refractivity contribution in [1.29, 1.82) is 0 Å². The summed E-state index contributed by atoms with van der Waals surface area (Å²) in [4.78, 5) is 13.6. The number of rotatable bonds is 7. The van der Waals surface area contributed by atoms with Gasteiger partial charge in [-0.25, -0.2) is 0 Å². The van der Waals surface area contributed by atoms with Crippen LogP contribution < -0.4 is 14.8 Å². The third-order valence-corrected chi connectivity index (χ3v) is 3.37. The van der Waals surface area contributed by atoms with Gasteiger partial charge in [0.25, 0.3) is 0 Å². The van der Waals surface area contributed by atoms with E-state index in [0.717, 1.165) is 5.56 Å². The van der Waals surface area contributed by atoms with E-state index >= 15 is 0 Å². The molecule has 0 bridgehead atoms. The summed E-state index contributed by atoms with van der Waals surface area (Å²) in [6, 6.07) is 3.14. The normalized spacial score (nSPS) is 11.9. The molecule has 1 aromatic rings. The first-order chi connectivity index (χ1) is 9.94. The molecule has 0 fully saturated rings. The Bertz CT molecular complexity index is 466. The van der Waals surface area contributed by atoms with Gasteiger partial charge < -0.3 is 24.8 Å². The molecule has 2 N–H and O–H groups in total. The minimum Gasteiger partial charge on any atom is -0.502 e. The number of benzene rings is 1. The molecule has 0 aliphatic carbocycles. The van der Waals surface area contributed by atoms with Gasteiger partial charge in [0.15, 0.2) is 11.5 Å². The number of phenolic OH excluding ortho intramolecular Hbond substituents is 1. The van der Waals surface area contributed by atoms with Crippen LogP contribution in [0, 0.1) is 0 Å². The molecule has 6 heteroatoms. The minimum atomic E-state index is -0.291. The predicted molar refractivity (Wildman–Crippen MR) is 80.8 cm³/mol. The average molecular weight is 296 g/mol. The lowest BCUT2D eigenvalue weighted by molar-refractivity contribution is -0.131. The van der Waals surface area contributed by atoms with Gasteiger partial charge in [0.2, 0.25) is 11.7 Å². The van der Waals surface area contributed by atoms with Crippen LogP contribution in [-0.4, -0.2) is 49.8 Å². The number of carbonyl (C=O) groups is 1. The summed E-state index contributed by atoms with van der Waals surface area (Å²) in [6.45, 7) is 4.90. The summed E-state index contributed by atoms with van der Waals surface area (Å²) in [7, 11) is 4.73. The average Bonchev–Trinajstić information content (AvgIpc) is 2.51. The van der Waals surface area contributed by atoms with Crippen molar-refractivity contribution in [3.63, 3.8) is 0 Å². The maximum atomic E-state index is 12.0. The molecule has 0 aliphatic heterocycles. The van der Waals surface area contributed by atoms with Crippen molar-refractivity contribution < 1.29 is 19.4 Å². The van der Waals surface area contributed by atoms with Crippen molar-refractivity contribution in [2.45, 2.75) is 26.4 Å². The fraction of sp³-hybridized carbons (Fsp3) is 0.533. The maximum Gasteiger partial charge on any atom is 0.239 e. The van der Waals surface area contributed by atoms with E-state index < -0.39 is 0 Å². The SMILES string of the molecule is CCN(C)C(=O)C(C)NCc1cc(OC)c(O)c(OC)c1. The number of carbonyl (C=O) groups excluding carboxylic acids is 1. The Morgan fingerprint density at radius 2 is 1.86 bits per heavy atom. The molecule has 1 rings (SSSR count). The van der Waals surface area contributed by atoms with E-state index in [9.17, 15) is 9.90 Å². The smallest absolute Gasteiger partial charge is 0.239 e. The van der Waals surface area contributed by atoms with Crippen molar-refractivity contribution in [1.82, 2.24) is 10.2 Å². The Morgan fingerprint density at radius 1 is 1.33 bits per heavy atom. The zero-order valence-electron chi connectivity index (χ0n) is 13.3. The number of nitrogens with zero attached hydrogens (tertiary/aromatic N) is 1. The van der Waals surface area contributed by atoms with Gasteiger partial charge in [-0.3, -0.25) is 4.79 Å². The van der Waals surface area contributed by atoms with Crippen molar-refractivity contribution in [2.24, 2.45) is 0 Å². The van der Waals surface area contributed by atoms with E-state index in [-0.39, 0.29) is 17.7 Å². The monoisotopic (exact) mass is 296 g/mol. The number of phenols is 1. The molecule has 0 radical (unpaired) electrons. The fourth-order valence-corrected chi connectivity index (χ4v) is 1.89. The third kappa shape index (κ3) is 4.26. The highest BCUT2D eigenvalue weighted by Crippen LogP contribution is 2.36. The highest BCUT2D eigenvalue weighted by atomic mass is 16.5. The lowest BCUT2D eigenvalue weighted by atomic mass is 10.1. The zero-order valence-corrected chi connectivity index (χ0v) is 13.3. The van der Waals surface area contributed by atoms with Gasteiger partial charge in [-0.1, -0.05) is 0 Å². The molecule has 1 aromatic carbocycles.